The molecule has 0 aliphatic carbocycles. The summed E-state index contributed by atoms with van der Waals surface area (Å²) in [6.07, 6.45) is 2.63. The fourth-order valence-corrected chi connectivity index (χ4v) is 3.79. The molecule has 1 aromatic heterocycles. The SMILES string of the molecule is O=C(Nc1c(Cl)cccc1Cl)N1CCCC[C@H]1c1nc(-c2ccccc2)no1. The highest BCUT2D eigenvalue weighted by molar-refractivity contribution is 6.39. The second-order valence-electron chi connectivity index (χ2n) is 6.55. The Labute approximate surface area is 172 Å². The second kappa shape index (κ2) is 8.20. The van der Waals surface area contributed by atoms with Crippen LogP contribution in [0.3, 0.4) is 0 Å². The van der Waals surface area contributed by atoms with E-state index in [9.17, 15) is 4.79 Å². The molecule has 1 fully saturated rings. The third-order valence-electron chi connectivity index (χ3n) is 4.72. The number of nitrogens with one attached hydrogen (secondary N) is 1. The number of hydrogen-bond donors (Lipinski definition) is 1. The first kappa shape index (κ1) is 18.8. The average molecular weight is 417 g/mol. The van der Waals surface area contributed by atoms with Gasteiger partial charge in [0.1, 0.15) is 6.04 Å². The van der Waals surface area contributed by atoms with Crippen LogP contribution in [-0.4, -0.2) is 27.6 Å². The van der Waals surface area contributed by atoms with Gasteiger partial charge in [0.15, 0.2) is 0 Å². The number of benzene rings is 2. The molecule has 2 amide bonds. The van der Waals surface area contributed by atoms with E-state index < -0.39 is 0 Å². The summed E-state index contributed by atoms with van der Waals surface area (Å²) >= 11 is 12.4. The smallest absolute Gasteiger partial charge is 0.322 e. The van der Waals surface area contributed by atoms with E-state index in [-0.39, 0.29) is 12.1 Å². The zero-order valence-corrected chi connectivity index (χ0v) is 16.5. The van der Waals surface area contributed by atoms with Crippen LogP contribution >= 0.6 is 23.2 Å². The summed E-state index contributed by atoms with van der Waals surface area (Å²) in [5.74, 6) is 0.939. The minimum atomic E-state index is -0.292. The van der Waals surface area contributed by atoms with Crippen molar-refractivity contribution in [1.82, 2.24) is 15.0 Å². The van der Waals surface area contributed by atoms with Gasteiger partial charge in [0.25, 0.3) is 0 Å². The number of rotatable bonds is 3. The summed E-state index contributed by atoms with van der Waals surface area (Å²) < 4.78 is 5.50. The Morgan fingerprint density at radius 2 is 1.82 bits per heavy atom. The van der Waals surface area contributed by atoms with Crippen LogP contribution in [0.5, 0.6) is 0 Å². The molecule has 0 radical (unpaired) electrons. The highest BCUT2D eigenvalue weighted by atomic mass is 35.5. The molecule has 6 nitrogen and oxygen atoms in total. The molecule has 0 spiro atoms. The maximum atomic E-state index is 12.9. The maximum absolute atomic E-state index is 12.9. The van der Waals surface area contributed by atoms with Crippen LogP contribution in [0, 0.1) is 0 Å². The van der Waals surface area contributed by atoms with E-state index in [1.807, 2.05) is 30.3 Å². The van der Waals surface area contributed by atoms with Crippen molar-refractivity contribution in [3.05, 3.63) is 64.5 Å². The molecule has 1 aliphatic heterocycles. The first-order valence-electron chi connectivity index (χ1n) is 9.04. The minimum absolute atomic E-state index is 0.292. The van der Waals surface area contributed by atoms with Crippen molar-refractivity contribution >= 4 is 34.9 Å². The Kier molecular flexibility index (Phi) is 5.50. The number of urea groups is 1. The van der Waals surface area contributed by atoms with Crippen LogP contribution in [-0.2, 0) is 0 Å². The standard InChI is InChI=1S/C20H18Cl2N4O2/c21-14-9-6-10-15(22)17(14)23-20(27)26-12-5-4-11-16(26)19-24-18(25-28-19)13-7-2-1-3-8-13/h1-3,6-10,16H,4-5,11-12H2,(H,23,27)/t16-/m0/s1. The van der Waals surface area contributed by atoms with E-state index in [1.54, 1.807) is 23.1 Å². The van der Waals surface area contributed by atoms with Crippen LogP contribution in [0.4, 0.5) is 10.5 Å². The summed E-state index contributed by atoms with van der Waals surface area (Å²) in [7, 11) is 0. The number of nitrogens with zero attached hydrogens (tertiary/aromatic N) is 3. The number of halogens is 2. The summed E-state index contributed by atoms with van der Waals surface area (Å²) in [6, 6.07) is 14.1. The topological polar surface area (TPSA) is 71.3 Å². The predicted octanol–water partition coefficient (Wildman–Crippen LogP) is 5.80. The lowest BCUT2D eigenvalue weighted by molar-refractivity contribution is 0.142. The minimum Gasteiger partial charge on any atom is -0.337 e. The van der Waals surface area contributed by atoms with Gasteiger partial charge in [0, 0.05) is 12.1 Å². The molecule has 1 atom stereocenters. The van der Waals surface area contributed by atoms with Gasteiger partial charge in [0.05, 0.1) is 15.7 Å². The van der Waals surface area contributed by atoms with E-state index in [4.69, 9.17) is 27.7 Å². The number of carbonyl (C=O) groups excluding carboxylic acids is 1. The van der Waals surface area contributed by atoms with E-state index in [1.165, 1.54) is 0 Å². The third kappa shape index (κ3) is 3.84. The van der Waals surface area contributed by atoms with Gasteiger partial charge >= 0.3 is 6.03 Å². The summed E-state index contributed by atoms with van der Waals surface area (Å²) in [5, 5.41) is 7.68. The van der Waals surface area contributed by atoms with Crippen molar-refractivity contribution in [2.75, 3.05) is 11.9 Å². The summed E-state index contributed by atoms with van der Waals surface area (Å²) in [6.45, 7) is 0.585. The van der Waals surface area contributed by atoms with Gasteiger partial charge in [-0.1, -0.05) is 64.8 Å². The number of anilines is 1. The van der Waals surface area contributed by atoms with Crippen molar-refractivity contribution < 1.29 is 9.32 Å². The van der Waals surface area contributed by atoms with E-state index in [2.05, 4.69) is 15.5 Å². The molecule has 2 aromatic carbocycles. The Morgan fingerprint density at radius 3 is 2.57 bits per heavy atom. The predicted molar refractivity (Wildman–Crippen MR) is 109 cm³/mol. The Morgan fingerprint density at radius 1 is 1.07 bits per heavy atom. The molecule has 1 saturated heterocycles. The lowest BCUT2D eigenvalue weighted by atomic mass is 10.0. The Hall–Kier alpha value is -2.57. The number of piperidine rings is 1. The number of amides is 2. The Bertz CT molecular complexity index is 957. The number of para-hydroxylation sites is 1. The van der Waals surface area contributed by atoms with Crippen LogP contribution in [0.2, 0.25) is 10.0 Å². The maximum Gasteiger partial charge on any atom is 0.322 e. The largest absolute Gasteiger partial charge is 0.337 e. The molecule has 0 unspecified atom stereocenters. The normalized spacial score (nSPS) is 16.8. The van der Waals surface area contributed by atoms with Crippen molar-refractivity contribution in [1.29, 1.82) is 0 Å². The fourth-order valence-electron chi connectivity index (χ4n) is 3.30. The van der Waals surface area contributed by atoms with Crippen molar-refractivity contribution in [3.63, 3.8) is 0 Å². The molecule has 2 heterocycles. The van der Waals surface area contributed by atoms with Gasteiger partial charge in [-0.25, -0.2) is 4.79 Å². The molecule has 0 bridgehead atoms. The fraction of sp³-hybridized carbons (Fsp3) is 0.250. The lowest BCUT2D eigenvalue weighted by Gasteiger charge is -2.33. The number of likely N-dealkylation sites (tertiary alicyclic amines) is 1. The molecule has 28 heavy (non-hydrogen) atoms. The van der Waals surface area contributed by atoms with Gasteiger partial charge in [-0.15, -0.1) is 0 Å². The first-order valence-corrected chi connectivity index (χ1v) is 9.80. The molecule has 3 aromatic rings. The monoisotopic (exact) mass is 416 g/mol. The van der Waals surface area contributed by atoms with Gasteiger partial charge < -0.3 is 14.7 Å². The average Bonchev–Trinajstić information content (AvgIpc) is 3.21. The molecule has 1 aliphatic rings. The quantitative estimate of drug-likeness (QED) is 0.585. The second-order valence-corrected chi connectivity index (χ2v) is 7.37. The number of hydrogen-bond acceptors (Lipinski definition) is 4. The molecular formula is C20H18Cl2N4O2. The van der Waals surface area contributed by atoms with Gasteiger partial charge in [0.2, 0.25) is 11.7 Å². The molecular weight excluding hydrogens is 399 g/mol. The van der Waals surface area contributed by atoms with Crippen molar-refractivity contribution in [2.45, 2.75) is 25.3 Å². The van der Waals surface area contributed by atoms with Crippen LogP contribution in [0.25, 0.3) is 11.4 Å². The zero-order valence-electron chi connectivity index (χ0n) is 14.9. The van der Waals surface area contributed by atoms with E-state index in [0.29, 0.717) is 34.0 Å². The van der Waals surface area contributed by atoms with E-state index >= 15 is 0 Å². The van der Waals surface area contributed by atoms with Crippen LogP contribution in [0.15, 0.2) is 53.1 Å². The lowest BCUT2D eigenvalue weighted by Crippen LogP contribution is -2.41. The Balaban J connectivity index is 1.57. The zero-order chi connectivity index (χ0) is 19.5. The van der Waals surface area contributed by atoms with Crippen molar-refractivity contribution in [3.8, 4) is 11.4 Å². The summed E-state index contributed by atoms with van der Waals surface area (Å²) in [5.41, 5.74) is 1.27. The highest BCUT2D eigenvalue weighted by Crippen LogP contribution is 2.34. The van der Waals surface area contributed by atoms with Gasteiger partial charge in [-0.05, 0) is 31.4 Å². The summed E-state index contributed by atoms with van der Waals surface area (Å²) in [4.78, 5) is 19.2. The van der Waals surface area contributed by atoms with Gasteiger partial charge in [-0.3, -0.25) is 0 Å². The number of aromatic nitrogens is 2. The third-order valence-corrected chi connectivity index (χ3v) is 5.35. The van der Waals surface area contributed by atoms with E-state index in [0.717, 1.165) is 24.8 Å². The van der Waals surface area contributed by atoms with Crippen molar-refractivity contribution in [2.24, 2.45) is 0 Å². The molecule has 8 heteroatoms. The molecule has 4 rings (SSSR count). The molecule has 144 valence electrons. The highest BCUT2D eigenvalue weighted by Gasteiger charge is 2.32. The molecule has 1 N–H and O–H groups in total. The molecule has 0 saturated carbocycles. The first-order chi connectivity index (χ1) is 13.6. The van der Waals surface area contributed by atoms with Crippen LogP contribution < -0.4 is 5.32 Å². The van der Waals surface area contributed by atoms with Crippen LogP contribution in [0.1, 0.15) is 31.2 Å². The number of carbonyl (C=O) groups is 1. The van der Waals surface area contributed by atoms with Gasteiger partial charge in [-0.2, -0.15) is 4.98 Å².